The summed E-state index contributed by atoms with van der Waals surface area (Å²) in [6.07, 6.45) is 8.25. The van der Waals surface area contributed by atoms with E-state index in [9.17, 15) is 0 Å². The van der Waals surface area contributed by atoms with Gasteiger partial charge in [-0.05, 0) is 25.7 Å². The van der Waals surface area contributed by atoms with Crippen LogP contribution in [0.3, 0.4) is 0 Å². The summed E-state index contributed by atoms with van der Waals surface area (Å²) in [7, 11) is 0. The van der Waals surface area contributed by atoms with Gasteiger partial charge in [-0.15, -0.1) is 6.58 Å². The highest BCUT2D eigenvalue weighted by atomic mass is 13.9. The Morgan fingerprint density at radius 1 is 1.56 bits per heavy atom. The molecule has 0 bridgehead atoms. The Labute approximate surface area is 58.3 Å². The van der Waals surface area contributed by atoms with Gasteiger partial charge >= 0.3 is 0 Å². The van der Waals surface area contributed by atoms with E-state index in [1.54, 1.807) is 0 Å². The van der Waals surface area contributed by atoms with Crippen LogP contribution in [0.4, 0.5) is 0 Å². The lowest BCUT2D eigenvalue weighted by atomic mass is 10.1. The molecule has 1 unspecified atom stereocenters. The maximum absolute atomic E-state index is 3.91. The van der Waals surface area contributed by atoms with Gasteiger partial charge < -0.3 is 0 Å². The van der Waals surface area contributed by atoms with E-state index in [4.69, 9.17) is 0 Å². The van der Waals surface area contributed by atoms with Crippen molar-refractivity contribution in [2.75, 3.05) is 0 Å². The predicted molar refractivity (Wildman–Crippen MR) is 43.1 cm³/mol. The maximum Gasteiger partial charge on any atom is -0.0199 e. The molecule has 0 saturated carbocycles. The molecule has 0 spiro atoms. The summed E-state index contributed by atoms with van der Waals surface area (Å²) >= 11 is 0. The zero-order valence-corrected chi connectivity index (χ0v) is 6.14. The average molecular weight is 123 g/mol. The zero-order valence-electron chi connectivity index (χ0n) is 6.14. The van der Waals surface area contributed by atoms with E-state index in [2.05, 4.69) is 32.6 Å². The Kier molecular flexibility index (Phi) is 5.29. The molecule has 51 valence electrons. The SMILES string of the molecule is [CH2]C(/C=C/CC)CC=C. The monoisotopic (exact) mass is 123 g/mol. The summed E-state index contributed by atoms with van der Waals surface area (Å²) < 4.78 is 0. The van der Waals surface area contributed by atoms with Crippen LogP contribution in [0, 0.1) is 12.8 Å². The van der Waals surface area contributed by atoms with E-state index < -0.39 is 0 Å². The fourth-order valence-corrected chi connectivity index (χ4v) is 0.621. The fourth-order valence-electron chi connectivity index (χ4n) is 0.621. The van der Waals surface area contributed by atoms with Gasteiger partial charge in [0.25, 0.3) is 0 Å². The molecule has 0 aliphatic rings. The molecule has 0 saturated heterocycles. The summed E-state index contributed by atoms with van der Waals surface area (Å²) in [5, 5.41) is 0. The van der Waals surface area contributed by atoms with E-state index >= 15 is 0 Å². The van der Waals surface area contributed by atoms with Crippen molar-refractivity contribution < 1.29 is 0 Å². The van der Waals surface area contributed by atoms with Crippen LogP contribution in [0.25, 0.3) is 0 Å². The number of hydrogen-bond donors (Lipinski definition) is 0. The molecular formula is C9H15. The molecule has 0 aromatic rings. The quantitative estimate of drug-likeness (QED) is 0.504. The van der Waals surface area contributed by atoms with Crippen molar-refractivity contribution in [3.05, 3.63) is 31.7 Å². The van der Waals surface area contributed by atoms with Crippen LogP contribution in [0.15, 0.2) is 24.8 Å². The van der Waals surface area contributed by atoms with Crippen molar-refractivity contribution in [3.8, 4) is 0 Å². The highest BCUT2D eigenvalue weighted by Gasteiger charge is 1.89. The molecule has 0 aromatic heterocycles. The molecule has 0 N–H and O–H groups in total. The molecule has 0 aliphatic heterocycles. The van der Waals surface area contributed by atoms with E-state index in [-0.39, 0.29) is 0 Å². The number of hydrogen-bond acceptors (Lipinski definition) is 0. The average Bonchev–Trinajstić information content (AvgIpc) is 1.85. The van der Waals surface area contributed by atoms with Crippen molar-refractivity contribution in [1.29, 1.82) is 0 Å². The minimum absolute atomic E-state index is 0.419. The van der Waals surface area contributed by atoms with Crippen molar-refractivity contribution >= 4 is 0 Å². The van der Waals surface area contributed by atoms with Gasteiger partial charge in [0.05, 0.1) is 0 Å². The molecule has 1 atom stereocenters. The van der Waals surface area contributed by atoms with Crippen LogP contribution < -0.4 is 0 Å². The number of rotatable bonds is 4. The highest BCUT2D eigenvalue weighted by Crippen LogP contribution is 2.02. The van der Waals surface area contributed by atoms with Crippen molar-refractivity contribution in [2.24, 2.45) is 5.92 Å². The topological polar surface area (TPSA) is 0 Å². The summed E-state index contributed by atoms with van der Waals surface area (Å²) in [5.41, 5.74) is 0. The Bertz CT molecular complexity index is 90.2. The van der Waals surface area contributed by atoms with Gasteiger partial charge in [0.1, 0.15) is 0 Å². The van der Waals surface area contributed by atoms with Gasteiger partial charge in [0.15, 0.2) is 0 Å². The lowest BCUT2D eigenvalue weighted by Gasteiger charge is -1.97. The molecule has 0 aliphatic carbocycles. The van der Waals surface area contributed by atoms with Crippen LogP contribution in [0.5, 0.6) is 0 Å². The van der Waals surface area contributed by atoms with E-state index in [0.717, 1.165) is 12.8 Å². The molecule has 1 radical (unpaired) electrons. The van der Waals surface area contributed by atoms with Crippen LogP contribution >= 0.6 is 0 Å². The highest BCUT2D eigenvalue weighted by molar-refractivity contribution is 4.92. The van der Waals surface area contributed by atoms with Gasteiger partial charge in [-0.1, -0.05) is 25.2 Å². The van der Waals surface area contributed by atoms with Crippen LogP contribution in [-0.2, 0) is 0 Å². The minimum atomic E-state index is 0.419. The third-order valence-corrected chi connectivity index (χ3v) is 1.11. The van der Waals surface area contributed by atoms with Gasteiger partial charge in [0, 0.05) is 0 Å². The molecule has 0 heterocycles. The Hall–Kier alpha value is -0.520. The fraction of sp³-hybridized carbons (Fsp3) is 0.444. The first-order valence-corrected chi connectivity index (χ1v) is 3.42. The van der Waals surface area contributed by atoms with Gasteiger partial charge in [0.2, 0.25) is 0 Å². The van der Waals surface area contributed by atoms with E-state index in [1.165, 1.54) is 0 Å². The second-order valence-electron chi connectivity index (χ2n) is 2.12. The van der Waals surface area contributed by atoms with Crippen LogP contribution in [0.2, 0.25) is 0 Å². The third-order valence-electron chi connectivity index (χ3n) is 1.11. The lowest BCUT2D eigenvalue weighted by Crippen LogP contribution is -1.84. The molecule has 0 rings (SSSR count). The van der Waals surface area contributed by atoms with Gasteiger partial charge in [-0.3, -0.25) is 0 Å². The summed E-state index contributed by atoms with van der Waals surface area (Å²) in [6.45, 7) is 9.66. The predicted octanol–water partition coefficient (Wildman–Crippen LogP) is 2.98. The summed E-state index contributed by atoms with van der Waals surface area (Å²) in [6, 6.07) is 0. The molecule has 0 fully saturated rings. The normalized spacial score (nSPS) is 14.0. The van der Waals surface area contributed by atoms with E-state index in [1.807, 2.05) is 6.08 Å². The largest absolute Gasteiger partial charge is 0.103 e. The first-order valence-electron chi connectivity index (χ1n) is 3.42. The first kappa shape index (κ1) is 8.48. The third kappa shape index (κ3) is 5.35. The molecule has 9 heavy (non-hydrogen) atoms. The van der Waals surface area contributed by atoms with E-state index in [0.29, 0.717) is 5.92 Å². The zero-order chi connectivity index (χ0) is 7.11. The minimum Gasteiger partial charge on any atom is -0.103 e. The summed E-state index contributed by atoms with van der Waals surface area (Å²) in [4.78, 5) is 0. The van der Waals surface area contributed by atoms with Crippen molar-refractivity contribution in [2.45, 2.75) is 19.8 Å². The first-order chi connectivity index (χ1) is 4.31. The van der Waals surface area contributed by atoms with Crippen molar-refractivity contribution in [3.63, 3.8) is 0 Å². The lowest BCUT2D eigenvalue weighted by molar-refractivity contribution is 0.824. The Morgan fingerprint density at radius 3 is 2.67 bits per heavy atom. The standard InChI is InChI=1S/C9H15/c1-4-6-8-9(3)7-5-2/h5-6,8-9H,2-4,7H2,1H3/b8-6+. The second kappa shape index (κ2) is 5.61. The Morgan fingerprint density at radius 2 is 2.22 bits per heavy atom. The number of allylic oxidation sites excluding steroid dienone is 3. The summed E-state index contributed by atoms with van der Waals surface area (Å²) in [5.74, 6) is 0.419. The molecule has 0 heteroatoms. The molecular weight excluding hydrogens is 108 g/mol. The van der Waals surface area contributed by atoms with Crippen LogP contribution in [0.1, 0.15) is 19.8 Å². The second-order valence-corrected chi connectivity index (χ2v) is 2.12. The van der Waals surface area contributed by atoms with Crippen LogP contribution in [-0.4, -0.2) is 0 Å². The van der Waals surface area contributed by atoms with Crippen molar-refractivity contribution in [1.82, 2.24) is 0 Å². The molecule has 0 nitrogen and oxygen atoms in total. The van der Waals surface area contributed by atoms with Gasteiger partial charge in [-0.2, -0.15) is 0 Å². The van der Waals surface area contributed by atoms with Gasteiger partial charge in [-0.25, -0.2) is 0 Å². The maximum atomic E-state index is 3.91. The molecule has 0 amide bonds. The smallest absolute Gasteiger partial charge is 0.0199 e. The Balaban J connectivity index is 3.35. The molecule has 0 aromatic carbocycles.